The van der Waals surface area contributed by atoms with Gasteiger partial charge in [-0.15, -0.1) is 0 Å². The summed E-state index contributed by atoms with van der Waals surface area (Å²) in [7, 11) is -2.58. The zero-order chi connectivity index (χ0) is 16.3. The smallest absolute Gasteiger partial charge is 0.338 e. The minimum Gasteiger partial charge on any atom is -0.495 e. The Morgan fingerprint density at radius 3 is 2.68 bits per heavy atom. The largest absolute Gasteiger partial charge is 0.495 e. The number of carbonyl (C=O) groups is 1. The molecule has 8 heteroatoms. The summed E-state index contributed by atoms with van der Waals surface area (Å²) in [6, 6.07) is 5.85. The summed E-state index contributed by atoms with van der Waals surface area (Å²) in [6.45, 7) is 1.59. The van der Waals surface area contributed by atoms with Crippen LogP contribution in [0.2, 0.25) is 0 Å². The molecule has 0 spiro atoms. The van der Waals surface area contributed by atoms with Crippen LogP contribution in [0.4, 0.5) is 5.69 Å². The third kappa shape index (κ3) is 3.17. The van der Waals surface area contributed by atoms with Crippen LogP contribution in [0.3, 0.4) is 0 Å². The fraction of sp³-hybridized carbons (Fsp3) is 0.143. The number of methoxy groups -OCH3 is 1. The lowest BCUT2D eigenvalue weighted by molar-refractivity contribution is 0.0697. The van der Waals surface area contributed by atoms with E-state index in [4.69, 9.17) is 4.74 Å². The minimum atomic E-state index is -3.97. The average Bonchev–Trinajstić information content (AvgIpc) is 2.46. The molecule has 0 saturated carbocycles. The predicted octanol–water partition coefficient (Wildman–Crippen LogP) is 1.90. The molecule has 1 heterocycles. The van der Waals surface area contributed by atoms with Gasteiger partial charge in [0.1, 0.15) is 10.6 Å². The lowest BCUT2D eigenvalue weighted by Crippen LogP contribution is -2.16. The molecule has 0 aliphatic heterocycles. The van der Waals surface area contributed by atoms with Crippen molar-refractivity contribution in [1.82, 2.24) is 4.98 Å². The van der Waals surface area contributed by atoms with Crippen molar-refractivity contribution in [3.63, 3.8) is 0 Å². The first-order chi connectivity index (χ1) is 10.3. The van der Waals surface area contributed by atoms with Crippen molar-refractivity contribution in [2.75, 3.05) is 11.8 Å². The highest BCUT2D eigenvalue weighted by molar-refractivity contribution is 7.92. The summed E-state index contributed by atoms with van der Waals surface area (Å²) in [5, 5.41) is 9.23. The van der Waals surface area contributed by atoms with Gasteiger partial charge in [0.15, 0.2) is 0 Å². The van der Waals surface area contributed by atoms with Crippen LogP contribution >= 0.6 is 0 Å². The summed E-state index contributed by atoms with van der Waals surface area (Å²) in [6.07, 6.45) is 2.52. The van der Waals surface area contributed by atoms with Crippen LogP contribution in [-0.4, -0.2) is 31.6 Å². The maximum absolute atomic E-state index is 12.4. The van der Waals surface area contributed by atoms with E-state index in [0.29, 0.717) is 5.56 Å². The number of nitrogens with one attached hydrogen (secondary N) is 1. The van der Waals surface area contributed by atoms with E-state index in [-0.39, 0.29) is 21.9 Å². The Labute approximate surface area is 127 Å². The molecule has 1 aromatic carbocycles. The second kappa shape index (κ2) is 6.02. The molecule has 0 unspecified atom stereocenters. The molecule has 0 radical (unpaired) electrons. The average molecular weight is 322 g/mol. The highest BCUT2D eigenvalue weighted by Gasteiger charge is 2.20. The van der Waals surface area contributed by atoms with Crippen molar-refractivity contribution in [2.45, 2.75) is 11.8 Å². The Bertz CT molecular complexity index is 818. The summed E-state index contributed by atoms with van der Waals surface area (Å²) in [5.41, 5.74) is 0.355. The van der Waals surface area contributed by atoms with Gasteiger partial charge in [0.2, 0.25) is 0 Å². The van der Waals surface area contributed by atoms with E-state index in [1.165, 1.54) is 25.4 Å². The number of nitrogens with zero attached hydrogens (tertiary/aromatic N) is 1. The van der Waals surface area contributed by atoms with Gasteiger partial charge < -0.3 is 9.84 Å². The number of pyridine rings is 1. The molecule has 0 saturated heterocycles. The quantitative estimate of drug-likeness (QED) is 0.871. The molecule has 0 fully saturated rings. The molecule has 0 atom stereocenters. The van der Waals surface area contributed by atoms with Gasteiger partial charge in [0, 0.05) is 12.3 Å². The maximum Gasteiger partial charge on any atom is 0.338 e. The first-order valence-electron chi connectivity index (χ1n) is 6.20. The van der Waals surface area contributed by atoms with Crippen LogP contribution in [0.5, 0.6) is 5.75 Å². The molecule has 0 bridgehead atoms. The molecule has 116 valence electrons. The molecular formula is C14H14N2O5S. The van der Waals surface area contributed by atoms with Crippen LogP contribution in [0.15, 0.2) is 41.6 Å². The Balaban J connectivity index is 2.45. The van der Waals surface area contributed by atoms with E-state index >= 15 is 0 Å². The van der Waals surface area contributed by atoms with Gasteiger partial charge in [-0.3, -0.25) is 9.71 Å². The second-order valence-corrected chi connectivity index (χ2v) is 6.15. The highest BCUT2D eigenvalue weighted by atomic mass is 32.2. The van der Waals surface area contributed by atoms with Crippen LogP contribution in [0.1, 0.15) is 15.9 Å². The monoisotopic (exact) mass is 322 g/mol. The second-order valence-electron chi connectivity index (χ2n) is 4.47. The standard InChI is InChI=1S/C14H14N2O5S/c1-9-4-3-5-12(13(9)14(17)18)16-22(19,20)11-6-10(21-2)7-15-8-11/h3-8,16H,1-2H3,(H,17,18). The number of aromatic nitrogens is 1. The number of carboxylic acids is 1. The number of carboxylic acid groups (broad SMARTS) is 1. The topological polar surface area (TPSA) is 106 Å². The van der Waals surface area contributed by atoms with E-state index in [2.05, 4.69) is 9.71 Å². The maximum atomic E-state index is 12.4. The lowest BCUT2D eigenvalue weighted by atomic mass is 10.1. The van der Waals surface area contributed by atoms with Crippen LogP contribution in [0.25, 0.3) is 0 Å². The zero-order valence-electron chi connectivity index (χ0n) is 11.9. The number of anilines is 1. The number of aryl methyl sites for hydroxylation is 1. The molecular weight excluding hydrogens is 308 g/mol. The van der Waals surface area contributed by atoms with Crippen LogP contribution < -0.4 is 9.46 Å². The molecule has 1 aromatic heterocycles. The van der Waals surface area contributed by atoms with E-state index in [0.717, 1.165) is 6.20 Å². The van der Waals surface area contributed by atoms with Gasteiger partial charge in [0.25, 0.3) is 10.0 Å². The van der Waals surface area contributed by atoms with Crippen molar-refractivity contribution in [2.24, 2.45) is 0 Å². The van der Waals surface area contributed by atoms with Gasteiger partial charge in [-0.1, -0.05) is 12.1 Å². The highest BCUT2D eigenvalue weighted by Crippen LogP contribution is 2.24. The van der Waals surface area contributed by atoms with Gasteiger partial charge >= 0.3 is 5.97 Å². The van der Waals surface area contributed by atoms with E-state index in [1.54, 1.807) is 19.1 Å². The Morgan fingerprint density at radius 2 is 2.05 bits per heavy atom. The molecule has 0 amide bonds. The fourth-order valence-corrected chi connectivity index (χ4v) is 2.95. The van der Waals surface area contributed by atoms with Crippen molar-refractivity contribution in [3.05, 3.63) is 47.8 Å². The van der Waals surface area contributed by atoms with Crippen molar-refractivity contribution < 1.29 is 23.1 Å². The Morgan fingerprint density at radius 1 is 1.32 bits per heavy atom. The molecule has 0 aliphatic carbocycles. The number of aromatic carboxylic acids is 1. The lowest BCUT2D eigenvalue weighted by Gasteiger charge is -2.12. The first-order valence-corrected chi connectivity index (χ1v) is 7.68. The van der Waals surface area contributed by atoms with Crippen LogP contribution in [-0.2, 0) is 10.0 Å². The van der Waals surface area contributed by atoms with Crippen LogP contribution in [0, 0.1) is 6.92 Å². The summed E-state index contributed by atoms with van der Waals surface area (Å²) in [4.78, 5) is 15.0. The number of sulfonamides is 1. The normalized spacial score (nSPS) is 11.0. The predicted molar refractivity (Wildman–Crippen MR) is 79.7 cm³/mol. The van der Waals surface area contributed by atoms with Gasteiger partial charge in [-0.25, -0.2) is 13.2 Å². The molecule has 2 N–H and O–H groups in total. The van der Waals surface area contributed by atoms with E-state index in [1.807, 2.05) is 0 Å². The van der Waals surface area contributed by atoms with Crippen molar-refractivity contribution in [3.8, 4) is 5.75 Å². The van der Waals surface area contributed by atoms with Crippen molar-refractivity contribution in [1.29, 1.82) is 0 Å². The number of hydrogen-bond acceptors (Lipinski definition) is 5. The van der Waals surface area contributed by atoms with Crippen molar-refractivity contribution >= 4 is 21.7 Å². The molecule has 0 aliphatic rings. The third-order valence-corrected chi connectivity index (χ3v) is 4.30. The Kier molecular flexibility index (Phi) is 4.32. The summed E-state index contributed by atoms with van der Waals surface area (Å²) >= 11 is 0. The Hall–Kier alpha value is -2.61. The number of hydrogen-bond donors (Lipinski definition) is 2. The van der Waals surface area contributed by atoms with E-state index < -0.39 is 16.0 Å². The molecule has 2 aromatic rings. The zero-order valence-corrected chi connectivity index (χ0v) is 12.7. The summed E-state index contributed by atoms with van der Waals surface area (Å²) < 4.78 is 31.9. The number of ether oxygens (including phenoxy) is 1. The minimum absolute atomic E-state index is 0.00433. The first kappa shape index (κ1) is 15.8. The SMILES string of the molecule is COc1cncc(S(=O)(=O)Nc2cccc(C)c2C(=O)O)c1. The van der Waals surface area contributed by atoms with E-state index in [9.17, 15) is 18.3 Å². The summed E-state index contributed by atoms with van der Waals surface area (Å²) in [5.74, 6) is -0.926. The molecule has 2 rings (SSSR count). The van der Waals surface area contributed by atoms with Gasteiger partial charge in [-0.05, 0) is 18.6 Å². The number of rotatable bonds is 5. The fourth-order valence-electron chi connectivity index (χ4n) is 1.90. The van der Waals surface area contributed by atoms with Gasteiger partial charge in [-0.2, -0.15) is 0 Å². The molecule has 7 nitrogen and oxygen atoms in total. The number of benzene rings is 1. The molecule has 22 heavy (non-hydrogen) atoms. The van der Waals surface area contributed by atoms with Gasteiger partial charge in [0.05, 0.1) is 24.6 Å². The third-order valence-electron chi connectivity index (χ3n) is 2.97.